The molecular weight excluding hydrogens is 1120 g/mol. The van der Waals surface area contributed by atoms with E-state index in [0.29, 0.717) is 38.5 Å². The van der Waals surface area contributed by atoms with Gasteiger partial charge in [-0.2, -0.15) is 0 Å². The third-order valence-electron chi connectivity index (χ3n) is 22.5. The predicted octanol–water partition coefficient (Wildman–Crippen LogP) is 2.73. The van der Waals surface area contributed by atoms with Crippen molar-refractivity contribution >= 4 is 11.9 Å². The fourth-order valence-corrected chi connectivity index (χ4v) is 17.0. The van der Waals surface area contributed by atoms with Gasteiger partial charge in [-0.15, -0.1) is 0 Å². The van der Waals surface area contributed by atoms with Crippen LogP contribution in [-0.4, -0.2) is 203 Å². The Bertz CT molecular complexity index is 2510. The largest absolute Gasteiger partial charge is 0.458 e. The minimum Gasteiger partial charge on any atom is -0.458 e. The van der Waals surface area contributed by atoms with Crippen LogP contribution < -0.4 is 0 Å². The van der Waals surface area contributed by atoms with E-state index in [1.165, 1.54) is 11.6 Å². The predicted molar refractivity (Wildman–Crippen MR) is 309 cm³/mol. The SMILES string of the molecule is C=C[C@@H](O)C#CC#CC[C@@H](O)[C@@H](CCCCCCC)OC(=O)[C@H]1O[C@@H](O[C@H]2CC[C@@]3(C)C(CC[C@]4(C)C3CC=C3C5CC(C)(C)CC[C@]5(C(=O)O[C@@H]5O[C@H](CO)[C@@H](O)[C@H](O)[C@H]5O)CC[C@]34C)C2(C)C)[C@H](O[C@@H]2O[C@H](CO)[C@@H](O)[C@H](O)[C@H]2O)[C@@H](O)[C@@H]1O. The van der Waals surface area contributed by atoms with E-state index in [1.54, 1.807) is 0 Å². The highest BCUT2D eigenvalue weighted by Crippen LogP contribution is 2.76. The van der Waals surface area contributed by atoms with Gasteiger partial charge < -0.3 is 94.4 Å². The highest BCUT2D eigenvalue weighted by Gasteiger charge is 2.70. The zero-order valence-corrected chi connectivity index (χ0v) is 51.5. The first-order chi connectivity index (χ1) is 40.5. The molecular formula is C65H100O21. The molecule has 3 unspecified atom stereocenters. The molecule has 0 radical (unpaired) electrons. The molecule has 8 rings (SSSR count). The van der Waals surface area contributed by atoms with E-state index >= 15 is 0 Å². The van der Waals surface area contributed by atoms with Crippen molar-refractivity contribution in [3.8, 4) is 23.7 Å². The molecule has 86 heavy (non-hydrogen) atoms. The Kier molecular flexibility index (Phi) is 21.9. The summed E-state index contributed by atoms with van der Waals surface area (Å²) in [6.45, 7) is 20.0. The van der Waals surface area contributed by atoms with Crippen molar-refractivity contribution in [1.29, 1.82) is 0 Å². The highest BCUT2D eigenvalue weighted by atomic mass is 16.8. The van der Waals surface area contributed by atoms with E-state index in [0.717, 1.165) is 57.8 Å². The number of hydrogen-bond donors (Lipinski definition) is 12. The Morgan fingerprint density at radius 3 is 2.00 bits per heavy atom. The molecule has 0 spiro atoms. The molecule has 486 valence electrons. The van der Waals surface area contributed by atoms with Crippen LogP contribution in [0, 0.1) is 73.9 Å². The number of hydrogen-bond acceptors (Lipinski definition) is 21. The number of allylic oxidation sites excluding steroid dienone is 2. The molecule has 3 aliphatic heterocycles. The minimum absolute atomic E-state index is 0.0283. The number of esters is 2. The van der Waals surface area contributed by atoms with Crippen molar-refractivity contribution in [2.75, 3.05) is 13.2 Å². The van der Waals surface area contributed by atoms with Crippen LogP contribution in [-0.2, 0) is 42.7 Å². The van der Waals surface area contributed by atoms with Gasteiger partial charge in [-0.05, 0) is 134 Å². The molecule has 12 N–H and O–H groups in total. The summed E-state index contributed by atoms with van der Waals surface area (Å²) < 4.78 is 43.0. The zero-order chi connectivity index (χ0) is 63.1. The first-order valence-corrected chi connectivity index (χ1v) is 31.5. The average Bonchev–Trinajstić information content (AvgIpc) is 0.679. The molecule has 0 aromatic heterocycles. The smallest absolute Gasteiger partial charge is 0.338 e. The Morgan fingerprint density at radius 1 is 0.709 bits per heavy atom. The number of unbranched alkanes of at least 4 members (excludes halogenated alkanes) is 4. The molecule has 0 amide bonds. The summed E-state index contributed by atoms with van der Waals surface area (Å²) in [4.78, 5) is 29.3. The number of rotatable bonds is 19. The fourth-order valence-electron chi connectivity index (χ4n) is 17.0. The summed E-state index contributed by atoms with van der Waals surface area (Å²) in [6, 6.07) is 0. The van der Waals surface area contributed by atoms with Gasteiger partial charge in [0.15, 0.2) is 18.7 Å². The van der Waals surface area contributed by atoms with Gasteiger partial charge in [0, 0.05) is 6.42 Å². The van der Waals surface area contributed by atoms with Crippen LogP contribution in [0.25, 0.3) is 0 Å². The number of ether oxygens (including phenoxy) is 7. The molecule has 3 saturated heterocycles. The molecule has 7 fully saturated rings. The molecule has 3 heterocycles. The topological polar surface area (TPSA) is 342 Å². The van der Waals surface area contributed by atoms with Gasteiger partial charge in [0.25, 0.3) is 0 Å². The van der Waals surface area contributed by atoms with Crippen molar-refractivity contribution in [2.24, 2.45) is 50.2 Å². The molecule has 0 bridgehead atoms. The number of carbonyl (C=O) groups excluding carboxylic acids is 2. The summed E-state index contributed by atoms with van der Waals surface area (Å²) in [5.41, 5.74) is -1.34. The number of aliphatic hydroxyl groups is 12. The van der Waals surface area contributed by atoms with E-state index in [2.05, 4.69) is 91.7 Å². The summed E-state index contributed by atoms with van der Waals surface area (Å²) in [5, 5.41) is 130. The normalized spacial score (nSPS) is 44.3. The van der Waals surface area contributed by atoms with Crippen LogP contribution in [0.2, 0.25) is 0 Å². The third-order valence-corrected chi connectivity index (χ3v) is 22.5. The maximum Gasteiger partial charge on any atom is 0.338 e. The first-order valence-electron chi connectivity index (χ1n) is 31.5. The number of carbonyl (C=O) groups is 2. The van der Waals surface area contributed by atoms with Crippen molar-refractivity contribution in [3.63, 3.8) is 0 Å². The van der Waals surface area contributed by atoms with Crippen LogP contribution in [0.1, 0.15) is 165 Å². The molecule has 4 saturated carbocycles. The van der Waals surface area contributed by atoms with Crippen molar-refractivity contribution in [3.05, 3.63) is 24.3 Å². The fraction of sp³-hybridized carbons (Fsp3) is 0.846. The van der Waals surface area contributed by atoms with Crippen LogP contribution >= 0.6 is 0 Å². The monoisotopic (exact) mass is 1220 g/mol. The molecule has 0 aromatic carbocycles. The third kappa shape index (κ3) is 13.0. The molecule has 0 aromatic rings. The zero-order valence-electron chi connectivity index (χ0n) is 51.5. The standard InChI is InChI=1S/C65H100O21/c1-10-12-13-14-18-21-39(38(69)20-17-15-16-19-35(68)11-2)80-55(78)53-49(74)50(75)54(85-56-51(76)47(72)45(70)40(33-66)81-56)58(84-53)83-44-25-26-62(7)42(61(44,5)6)24-27-64(9)43(62)23-22-36-37-32-60(3,4)28-30-65(37,31-29-63(36,64)8)59(79)86-57-52(77)48(73)46(71)41(34-67)82-57/h11,22,35,37-54,56-58,66-77H,2,10,12-14,18,20-21,23-34H2,1,3-9H3/t35-,37?,38-,39-,40-,41-,42?,43?,44+,45-,46-,47+,48+,49+,50+,51-,52-,53+,54-,56+,57+,58-,62+,63-,64-,65+/m1/s1. The van der Waals surface area contributed by atoms with Crippen LogP contribution in [0.15, 0.2) is 24.3 Å². The van der Waals surface area contributed by atoms with Gasteiger partial charge in [-0.3, -0.25) is 4.79 Å². The molecule has 21 heteroatoms. The van der Waals surface area contributed by atoms with Gasteiger partial charge in [0.1, 0.15) is 85.5 Å². The molecule has 5 aliphatic carbocycles. The Labute approximate surface area is 506 Å². The van der Waals surface area contributed by atoms with E-state index in [-0.39, 0.29) is 52.3 Å². The lowest BCUT2D eigenvalue weighted by molar-refractivity contribution is -0.375. The van der Waals surface area contributed by atoms with Crippen molar-refractivity contribution < 1.29 is 104 Å². The summed E-state index contributed by atoms with van der Waals surface area (Å²) >= 11 is 0. The summed E-state index contributed by atoms with van der Waals surface area (Å²) in [6.07, 6.45) is -15.4. The maximum absolute atomic E-state index is 14.9. The molecule has 8 aliphatic rings. The second kappa shape index (κ2) is 27.4. The minimum atomic E-state index is -2.03. The van der Waals surface area contributed by atoms with Crippen molar-refractivity contribution in [2.45, 2.75) is 281 Å². The molecule has 26 atom stereocenters. The Balaban J connectivity index is 1.05. The van der Waals surface area contributed by atoms with E-state index in [4.69, 9.17) is 33.2 Å². The highest BCUT2D eigenvalue weighted by molar-refractivity contribution is 5.79. The lowest BCUT2D eigenvalue weighted by atomic mass is 9.33. The van der Waals surface area contributed by atoms with Crippen molar-refractivity contribution in [1.82, 2.24) is 0 Å². The van der Waals surface area contributed by atoms with Gasteiger partial charge in [-0.25, -0.2) is 4.79 Å². The summed E-state index contributed by atoms with van der Waals surface area (Å²) in [7, 11) is 0. The quantitative estimate of drug-likeness (QED) is 0.0291. The van der Waals surface area contributed by atoms with Crippen LogP contribution in [0.4, 0.5) is 0 Å². The van der Waals surface area contributed by atoms with E-state index in [1.807, 2.05) is 0 Å². The second-order valence-electron chi connectivity index (χ2n) is 28.4. The van der Waals surface area contributed by atoms with Gasteiger partial charge in [0.05, 0.1) is 24.7 Å². The van der Waals surface area contributed by atoms with E-state index in [9.17, 15) is 70.9 Å². The van der Waals surface area contributed by atoms with Gasteiger partial charge in [-0.1, -0.05) is 117 Å². The van der Waals surface area contributed by atoms with E-state index < -0.39 is 153 Å². The number of aliphatic hydroxyl groups excluding tert-OH is 12. The Hall–Kier alpha value is -3.14. The van der Waals surface area contributed by atoms with Gasteiger partial charge in [0.2, 0.25) is 6.29 Å². The summed E-state index contributed by atoms with van der Waals surface area (Å²) in [5.74, 6) is 8.65. The molecule has 21 nitrogen and oxygen atoms in total. The first kappa shape index (κ1) is 68.8. The van der Waals surface area contributed by atoms with Crippen LogP contribution in [0.5, 0.6) is 0 Å². The number of fused-ring (bicyclic) bond motifs is 7. The van der Waals surface area contributed by atoms with Gasteiger partial charge >= 0.3 is 11.9 Å². The average molecular weight is 1220 g/mol. The Morgan fingerprint density at radius 2 is 1.35 bits per heavy atom. The second-order valence-corrected chi connectivity index (χ2v) is 28.4. The lowest BCUT2D eigenvalue weighted by Crippen LogP contribution is -2.67. The maximum atomic E-state index is 14.9. The lowest BCUT2D eigenvalue weighted by Gasteiger charge is -2.71. The van der Waals surface area contributed by atoms with Crippen LogP contribution in [0.3, 0.4) is 0 Å².